The van der Waals surface area contributed by atoms with Crippen LogP contribution >= 0.6 is 0 Å². The Bertz CT molecular complexity index is 727. The third-order valence-corrected chi connectivity index (χ3v) is 6.63. The summed E-state index contributed by atoms with van der Waals surface area (Å²) in [6.45, 7) is 12.8. The van der Waals surface area contributed by atoms with Gasteiger partial charge in [0.2, 0.25) is 0 Å². The van der Waals surface area contributed by atoms with E-state index in [4.69, 9.17) is 14.5 Å². The summed E-state index contributed by atoms with van der Waals surface area (Å²) in [4.78, 5) is 12.6. The number of ether oxygens (including phenoxy) is 2. The average molecular weight is 431 g/mol. The zero-order valence-electron chi connectivity index (χ0n) is 19.3. The molecule has 172 valence electrons. The molecule has 1 aromatic rings. The lowest BCUT2D eigenvalue weighted by Gasteiger charge is -2.47. The minimum atomic E-state index is 0.414. The molecule has 2 bridgehead atoms. The number of hydrogen-bond donors (Lipinski definition) is 2. The van der Waals surface area contributed by atoms with Crippen LogP contribution in [0.1, 0.15) is 18.9 Å². The lowest BCUT2D eigenvalue weighted by atomic mass is 10.1. The summed E-state index contributed by atoms with van der Waals surface area (Å²) in [5.41, 5.74) is 1.22. The predicted octanol–water partition coefficient (Wildman–Crippen LogP) is 0.833. The molecule has 4 heterocycles. The van der Waals surface area contributed by atoms with Gasteiger partial charge in [0.05, 0.1) is 20.8 Å². The number of fused-ring (bicyclic) bond motifs is 3. The highest BCUT2D eigenvalue weighted by Crippen LogP contribution is 2.24. The maximum Gasteiger partial charge on any atom is 0.191 e. The molecule has 5 rings (SSSR count). The first-order valence-corrected chi connectivity index (χ1v) is 11.6. The van der Waals surface area contributed by atoms with Gasteiger partial charge in [-0.15, -0.1) is 0 Å². The molecule has 4 fully saturated rings. The molecule has 0 saturated carbocycles. The maximum atomic E-state index is 5.42. The van der Waals surface area contributed by atoms with Gasteiger partial charge in [-0.1, -0.05) is 0 Å². The molecule has 4 aliphatic heterocycles. The van der Waals surface area contributed by atoms with Gasteiger partial charge in [0.25, 0.3) is 0 Å². The number of benzene rings is 1. The smallest absolute Gasteiger partial charge is 0.191 e. The summed E-state index contributed by atoms with van der Waals surface area (Å²) in [6.07, 6.45) is 1.12. The second kappa shape index (κ2) is 10.5. The van der Waals surface area contributed by atoms with Crippen molar-refractivity contribution in [3.63, 3.8) is 0 Å². The Kier molecular flexibility index (Phi) is 7.53. The summed E-state index contributed by atoms with van der Waals surface area (Å²) in [6, 6.07) is 7.08. The number of likely N-dealkylation sites (tertiary alicyclic amines) is 1. The quantitative estimate of drug-likeness (QED) is 0.468. The lowest BCUT2D eigenvalue weighted by molar-refractivity contribution is 0.0174. The van der Waals surface area contributed by atoms with Crippen LogP contribution in [0.5, 0.6) is 11.5 Å². The van der Waals surface area contributed by atoms with Gasteiger partial charge in [-0.05, 0) is 31.0 Å². The Labute approximate surface area is 186 Å². The van der Waals surface area contributed by atoms with Crippen molar-refractivity contribution in [1.82, 2.24) is 25.3 Å². The standard InChI is InChI=1S/C23H38N6O2/c1-4-24-23(25-14-20-17-27-7-9-29(20)10-8-27)26-19-5-6-28(16-19)15-18-11-21(30-2)13-22(12-18)31-3/h11-13,19-20H,4-10,14-17H2,1-3H3,(H2,24,25,26). The number of piperazine rings is 3. The summed E-state index contributed by atoms with van der Waals surface area (Å²) in [5, 5.41) is 7.12. The van der Waals surface area contributed by atoms with Crippen molar-refractivity contribution in [2.24, 2.45) is 4.99 Å². The molecule has 0 aromatic heterocycles. The van der Waals surface area contributed by atoms with E-state index in [0.29, 0.717) is 12.1 Å². The third kappa shape index (κ3) is 5.81. The van der Waals surface area contributed by atoms with Crippen LogP contribution in [0.4, 0.5) is 0 Å². The highest BCUT2D eigenvalue weighted by Gasteiger charge is 2.31. The van der Waals surface area contributed by atoms with E-state index in [-0.39, 0.29) is 0 Å². The Morgan fingerprint density at radius 3 is 2.39 bits per heavy atom. The van der Waals surface area contributed by atoms with E-state index in [1.807, 2.05) is 6.07 Å². The number of nitrogens with one attached hydrogen (secondary N) is 2. The van der Waals surface area contributed by atoms with Gasteiger partial charge in [-0.2, -0.15) is 0 Å². The maximum absolute atomic E-state index is 5.42. The lowest BCUT2D eigenvalue weighted by Crippen LogP contribution is -2.62. The van der Waals surface area contributed by atoms with Crippen LogP contribution in [0.3, 0.4) is 0 Å². The van der Waals surface area contributed by atoms with Gasteiger partial charge in [-0.3, -0.25) is 19.7 Å². The van der Waals surface area contributed by atoms with Crippen LogP contribution < -0.4 is 20.1 Å². The number of aliphatic imine (C=N–C) groups is 1. The highest BCUT2D eigenvalue weighted by molar-refractivity contribution is 5.80. The molecule has 1 aromatic carbocycles. The number of rotatable bonds is 8. The van der Waals surface area contributed by atoms with Crippen molar-refractivity contribution in [2.75, 3.05) is 73.1 Å². The molecule has 8 nitrogen and oxygen atoms in total. The Balaban J connectivity index is 1.30. The van der Waals surface area contributed by atoms with Crippen LogP contribution in [-0.4, -0.2) is 106 Å². The summed E-state index contributed by atoms with van der Waals surface area (Å²) in [7, 11) is 3.39. The molecule has 31 heavy (non-hydrogen) atoms. The summed E-state index contributed by atoms with van der Waals surface area (Å²) >= 11 is 0. The molecule has 4 saturated heterocycles. The van der Waals surface area contributed by atoms with Crippen molar-refractivity contribution in [2.45, 2.75) is 32.0 Å². The van der Waals surface area contributed by atoms with E-state index in [1.54, 1.807) is 14.2 Å². The summed E-state index contributed by atoms with van der Waals surface area (Å²) in [5.74, 6) is 2.64. The van der Waals surface area contributed by atoms with E-state index >= 15 is 0 Å². The minimum Gasteiger partial charge on any atom is -0.497 e. The number of nitrogens with zero attached hydrogens (tertiary/aromatic N) is 4. The van der Waals surface area contributed by atoms with Crippen molar-refractivity contribution in [1.29, 1.82) is 0 Å². The molecular formula is C23H38N6O2. The third-order valence-electron chi connectivity index (χ3n) is 6.63. The van der Waals surface area contributed by atoms with Gasteiger partial charge < -0.3 is 20.1 Å². The van der Waals surface area contributed by atoms with Crippen LogP contribution in [0.25, 0.3) is 0 Å². The molecule has 2 unspecified atom stereocenters. The Hall–Kier alpha value is -2.03. The van der Waals surface area contributed by atoms with Crippen LogP contribution in [0.2, 0.25) is 0 Å². The van der Waals surface area contributed by atoms with Crippen molar-refractivity contribution >= 4 is 5.96 Å². The van der Waals surface area contributed by atoms with Gasteiger partial charge in [0.15, 0.2) is 5.96 Å². The van der Waals surface area contributed by atoms with Crippen LogP contribution in [-0.2, 0) is 6.54 Å². The fourth-order valence-electron chi connectivity index (χ4n) is 4.92. The van der Waals surface area contributed by atoms with Crippen molar-refractivity contribution < 1.29 is 9.47 Å². The second-order valence-electron chi connectivity index (χ2n) is 8.80. The summed E-state index contributed by atoms with van der Waals surface area (Å²) < 4.78 is 10.8. The molecule has 0 radical (unpaired) electrons. The van der Waals surface area contributed by atoms with E-state index in [9.17, 15) is 0 Å². The fourth-order valence-corrected chi connectivity index (χ4v) is 4.92. The predicted molar refractivity (Wildman–Crippen MR) is 124 cm³/mol. The highest BCUT2D eigenvalue weighted by atomic mass is 16.5. The largest absolute Gasteiger partial charge is 0.497 e. The van der Waals surface area contributed by atoms with Crippen molar-refractivity contribution in [3.8, 4) is 11.5 Å². The van der Waals surface area contributed by atoms with Gasteiger partial charge in [0, 0.05) is 77.1 Å². The fraction of sp³-hybridized carbons (Fsp3) is 0.696. The molecule has 2 N–H and O–H groups in total. The molecule has 8 heteroatoms. The SMILES string of the molecule is CCNC(=NCC1CN2CCN1CC2)NC1CCN(Cc2cc(OC)cc(OC)c2)C1. The number of hydrogen-bond acceptors (Lipinski definition) is 6. The Morgan fingerprint density at radius 1 is 1.03 bits per heavy atom. The second-order valence-corrected chi connectivity index (χ2v) is 8.80. The van der Waals surface area contributed by atoms with Crippen LogP contribution in [0, 0.1) is 0 Å². The topological polar surface area (TPSA) is 64.6 Å². The Morgan fingerprint density at radius 2 is 1.77 bits per heavy atom. The molecule has 0 amide bonds. The minimum absolute atomic E-state index is 0.414. The van der Waals surface area contributed by atoms with E-state index in [2.05, 4.69) is 44.4 Å². The molecule has 2 atom stereocenters. The molecule has 0 aliphatic carbocycles. The van der Waals surface area contributed by atoms with E-state index < -0.39 is 0 Å². The normalized spacial score (nSPS) is 28.5. The van der Waals surface area contributed by atoms with Gasteiger partial charge in [0.1, 0.15) is 11.5 Å². The van der Waals surface area contributed by atoms with Gasteiger partial charge in [-0.25, -0.2) is 0 Å². The molecule has 0 spiro atoms. The van der Waals surface area contributed by atoms with E-state index in [1.165, 1.54) is 31.7 Å². The number of guanidine groups is 1. The zero-order chi connectivity index (χ0) is 21.6. The zero-order valence-corrected chi connectivity index (χ0v) is 19.3. The molecule has 4 aliphatic rings. The van der Waals surface area contributed by atoms with Crippen molar-refractivity contribution in [3.05, 3.63) is 23.8 Å². The first kappa shape index (κ1) is 22.2. The first-order chi connectivity index (χ1) is 15.2. The monoisotopic (exact) mass is 430 g/mol. The number of methoxy groups -OCH3 is 2. The first-order valence-electron chi connectivity index (χ1n) is 11.6. The van der Waals surface area contributed by atoms with Crippen LogP contribution in [0.15, 0.2) is 23.2 Å². The molecular weight excluding hydrogens is 392 g/mol. The van der Waals surface area contributed by atoms with E-state index in [0.717, 1.165) is 63.1 Å². The van der Waals surface area contributed by atoms with Gasteiger partial charge >= 0.3 is 0 Å². The average Bonchev–Trinajstić information content (AvgIpc) is 3.24.